The van der Waals surface area contributed by atoms with Crippen LogP contribution in [0.25, 0.3) is 0 Å². The van der Waals surface area contributed by atoms with E-state index in [1.807, 2.05) is 20.8 Å². The van der Waals surface area contributed by atoms with Crippen LogP contribution < -0.4 is 10.6 Å². The van der Waals surface area contributed by atoms with Gasteiger partial charge in [0.2, 0.25) is 5.91 Å². The summed E-state index contributed by atoms with van der Waals surface area (Å²) in [4.78, 5) is 52.2. The zero-order valence-electron chi connectivity index (χ0n) is 17.5. The van der Waals surface area contributed by atoms with E-state index in [9.17, 15) is 19.2 Å². The van der Waals surface area contributed by atoms with Crippen molar-refractivity contribution in [1.29, 1.82) is 0 Å². The standard InChI is InChI=1S/C23H25N3O4/c1-5-18(26-21(29)14-10-6-7-11-15(14)22(26)30)20(28)24-17-13-9-8-12-16(17)19(27)25-23(2,3)4/h6-13,18H,5H2,1-4H3,(H,24,28)(H,25,27). The molecule has 0 radical (unpaired) electrons. The van der Waals surface area contributed by atoms with Crippen molar-refractivity contribution < 1.29 is 19.2 Å². The molecule has 7 heteroatoms. The summed E-state index contributed by atoms with van der Waals surface area (Å²) in [6, 6.07) is 12.2. The van der Waals surface area contributed by atoms with Crippen molar-refractivity contribution in [3.05, 3.63) is 65.2 Å². The minimum Gasteiger partial charge on any atom is -0.347 e. The van der Waals surface area contributed by atoms with Crippen LogP contribution in [0.3, 0.4) is 0 Å². The van der Waals surface area contributed by atoms with Gasteiger partial charge in [0.05, 0.1) is 22.4 Å². The van der Waals surface area contributed by atoms with Gasteiger partial charge in [-0.15, -0.1) is 0 Å². The van der Waals surface area contributed by atoms with Crippen molar-refractivity contribution in [3.8, 4) is 0 Å². The van der Waals surface area contributed by atoms with Gasteiger partial charge in [-0.1, -0.05) is 31.2 Å². The Morgan fingerprint density at radius 3 is 2.00 bits per heavy atom. The maximum atomic E-state index is 13.0. The Hall–Kier alpha value is -3.48. The number of fused-ring (bicyclic) bond motifs is 1. The normalized spacial score (nSPS) is 14.3. The molecule has 3 rings (SSSR count). The average molecular weight is 407 g/mol. The number of benzene rings is 2. The van der Waals surface area contributed by atoms with Crippen LogP contribution in [0.2, 0.25) is 0 Å². The number of para-hydroxylation sites is 1. The zero-order chi connectivity index (χ0) is 22.1. The van der Waals surface area contributed by atoms with E-state index in [4.69, 9.17) is 0 Å². The quantitative estimate of drug-likeness (QED) is 0.744. The first-order valence-corrected chi connectivity index (χ1v) is 9.83. The molecule has 0 aromatic heterocycles. The third-order valence-electron chi connectivity index (χ3n) is 4.74. The molecule has 0 aliphatic carbocycles. The third-order valence-corrected chi connectivity index (χ3v) is 4.74. The minimum absolute atomic E-state index is 0.244. The number of rotatable bonds is 5. The number of nitrogens with zero attached hydrogens (tertiary/aromatic N) is 1. The molecule has 0 fully saturated rings. The number of imide groups is 1. The fraction of sp³-hybridized carbons (Fsp3) is 0.304. The largest absolute Gasteiger partial charge is 0.347 e. The van der Waals surface area contributed by atoms with Crippen LogP contribution in [-0.2, 0) is 4.79 Å². The molecule has 1 atom stereocenters. The van der Waals surface area contributed by atoms with E-state index in [0.717, 1.165) is 4.90 Å². The van der Waals surface area contributed by atoms with Crippen molar-refractivity contribution >= 4 is 29.3 Å². The van der Waals surface area contributed by atoms with E-state index in [1.165, 1.54) is 0 Å². The topological polar surface area (TPSA) is 95.6 Å². The molecule has 7 nitrogen and oxygen atoms in total. The van der Waals surface area contributed by atoms with Gasteiger partial charge in [0.25, 0.3) is 17.7 Å². The van der Waals surface area contributed by atoms with Gasteiger partial charge < -0.3 is 10.6 Å². The molecule has 0 bridgehead atoms. The molecule has 0 spiro atoms. The van der Waals surface area contributed by atoms with E-state index >= 15 is 0 Å². The Morgan fingerprint density at radius 2 is 1.47 bits per heavy atom. The summed E-state index contributed by atoms with van der Waals surface area (Å²) >= 11 is 0. The van der Waals surface area contributed by atoms with Crippen molar-refractivity contribution in [2.45, 2.75) is 45.7 Å². The summed E-state index contributed by atoms with van der Waals surface area (Å²) in [5, 5.41) is 5.59. The highest BCUT2D eigenvalue weighted by molar-refractivity contribution is 6.23. The Balaban J connectivity index is 1.85. The Morgan fingerprint density at radius 1 is 0.933 bits per heavy atom. The highest BCUT2D eigenvalue weighted by atomic mass is 16.2. The van der Waals surface area contributed by atoms with Crippen molar-refractivity contribution in [3.63, 3.8) is 0 Å². The van der Waals surface area contributed by atoms with Crippen LogP contribution in [0.5, 0.6) is 0 Å². The van der Waals surface area contributed by atoms with Gasteiger partial charge >= 0.3 is 0 Å². The molecule has 2 aromatic carbocycles. The molecule has 0 saturated carbocycles. The monoisotopic (exact) mass is 407 g/mol. The number of carbonyl (C=O) groups is 4. The van der Waals surface area contributed by atoms with Crippen LogP contribution in [-0.4, -0.2) is 40.1 Å². The smallest absolute Gasteiger partial charge is 0.262 e. The third kappa shape index (κ3) is 4.10. The molecule has 2 N–H and O–H groups in total. The first kappa shape index (κ1) is 21.2. The molecule has 1 aliphatic heterocycles. The Labute approximate surface area is 175 Å². The first-order valence-electron chi connectivity index (χ1n) is 9.83. The van der Waals surface area contributed by atoms with Gasteiger partial charge in [-0.25, -0.2) is 0 Å². The van der Waals surface area contributed by atoms with Gasteiger partial charge in [0, 0.05) is 5.54 Å². The zero-order valence-corrected chi connectivity index (χ0v) is 17.5. The van der Waals surface area contributed by atoms with E-state index in [1.54, 1.807) is 55.5 Å². The van der Waals surface area contributed by atoms with Crippen molar-refractivity contribution in [2.75, 3.05) is 5.32 Å². The molecule has 2 aromatic rings. The number of nitrogens with one attached hydrogen (secondary N) is 2. The van der Waals surface area contributed by atoms with Crippen LogP contribution in [0.1, 0.15) is 65.2 Å². The van der Waals surface area contributed by atoms with Gasteiger partial charge in [-0.05, 0) is 51.5 Å². The Kier molecular flexibility index (Phi) is 5.73. The van der Waals surface area contributed by atoms with Gasteiger partial charge in [0.1, 0.15) is 6.04 Å². The van der Waals surface area contributed by atoms with E-state index in [2.05, 4.69) is 10.6 Å². The number of carbonyl (C=O) groups excluding carboxylic acids is 4. The van der Waals surface area contributed by atoms with Crippen LogP contribution in [0.4, 0.5) is 5.69 Å². The summed E-state index contributed by atoms with van der Waals surface area (Å²) in [6.45, 7) is 7.32. The van der Waals surface area contributed by atoms with Crippen molar-refractivity contribution in [2.24, 2.45) is 0 Å². The molecule has 156 valence electrons. The van der Waals surface area contributed by atoms with Gasteiger partial charge in [-0.2, -0.15) is 0 Å². The lowest BCUT2D eigenvalue weighted by atomic mass is 10.1. The molecular formula is C23H25N3O4. The van der Waals surface area contributed by atoms with E-state index in [0.29, 0.717) is 22.4 Å². The lowest BCUT2D eigenvalue weighted by Crippen LogP contribution is -2.47. The van der Waals surface area contributed by atoms with Gasteiger partial charge in [0.15, 0.2) is 0 Å². The van der Waals surface area contributed by atoms with Crippen LogP contribution in [0.15, 0.2) is 48.5 Å². The summed E-state index contributed by atoms with van der Waals surface area (Å²) in [6.07, 6.45) is 0.244. The molecule has 30 heavy (non-hydrogen) atoms. The minimum atomic E-state index is -0.990. The summed E-state index contributed by atoms with van der Waals surface area (Å²) in [5.74, 6) is -1.83. The fourth-order valence-corrected chi connectivity index (χ4v) is 3.39. The molecule has 0 saturated heterocycles. The second-order valence-corrected chi connectivity index (χ2v) is 8.19. The number of hydrogen-bond acceptors (Lipinski definition) is 4. The van der Waals surface area contributed by atoms with Crippen LogP contribution in [0, 0.1) is 0 Å². The molecule has 1 unspecified atom stereocenters. The predicted octanol–water partition coefficient (Wildman–Crippen LogP) is 3.23. The fourth-order valence-electron chi connectivity index (χ4n) is 3.39. The second kappa shape index (κ2) is 8.10. The average Bonchev–Trinajstić information content (AvgIpc) is 2.93. The maximum Gasteiger partial charge on any atom is 0.262 e. The number of anilines is 1. The van der Waals surface area contributed by atoms with Crippen molar-refractivity contribution in [1.82, 2.24) is 10.2 Å². The molecule has 1 aliphatic rings. The summed E-state index contributed by atoms with van der Waals surface area (Å²) in [7, 11) is 0. The highest BCUT2D eigenvalue weighted by Crippen LogP contribution is 2.26. The SMILES string of the molecule is CCC(C(=O)Nc1ccccc1C(=O)NC(C)(C)C)N1C(=O)c2ccccc2C1=O. The second-order valence-electron chi connectivity index (χ2n) is 8.19. The first-order chi connectivity index (χ1) is 14.1. The number of hydrogen-bond donors (Lipinski definition) is 2. The van der Waals surface area contributed by atoms with Gasteiger partial charge in [-0.3, -0.25) is 24.1 Å². The molecule has 1 heterocycles. The lowest BCUT2D eigenvalue weighted by molar-refractivity contribution is -0.120. The summed E-state index contributed by atoms with van der Waals surface area (Å²) < 4.78 is 0. The summed E-state index contributed by atoms with van der Waals surface area (Å²) in [5.41, 5.74) is 0.759. The van der Waals surface area contributed by atoms with E-state index < -0.39 is 29.3 Å². The highest BCUT2D eigenvalue weighted by Gasteiger charge is 2.42. The van der Waals surface area contributed by atoms with E-state index in [-0.39, 0.29) is 12.3 Å². The van der Waals surface area contributed by atoms with Crippen LogP contribution >= 0.6 is 0 Å². The number of amides is 4. The Bertz CT molecular complexity index is 988. The molecular weight excluding hydrogens is 382 g/mol. The predicted molar refractivity (Wildman–Crippen MR) is 113 cm³/mol. The maximum absolute atomic E-state index is 13.0. The molecule has 4 amide bonds. The lowest BCUT2D eigenvalue weighted by Gasteiger charge is -2.25.